The van der Waals surface area contributed by atoms with Crippen LogP contribution in [0.15, 0.2) is 16.9 Å². The molecule has 0 unspecified atom stereocenters. The lowest BCUT2D eigenvalue weighted by molar-refractivity contribution is 0.455. The van der Waals surface area contributed by atoms with E-state index >= 15 is 0 Å². The highest BCUT2D eigenvalue weighted by Crippen LogP contribution is 2.17. The molecule has 2 aromatic heterocycles. The molecule has 2 aromatic rings. The van der Waals surface area contributed by atoms with E-state index in [-0.39, 0.29) is 11.4 Å². The van der Waals surface area contributed by atoms with Crippen LogP contribution in [0.2, 0.25) is 0 Å². The Labute approximate surface area is 80.2 Å². The Kier molecular flexibility index (Phi) is 1.77. The van der Waals surface area contributed by atoms with E-state index in [2.05, 4.69) is 9.97 Å². The highest BCUT2D eigenvalue weighted by molar-refractivity contribution is 5.79. The van der Waals surface area contributed by atoms with Crippen LogP contribution in [0.25, 0.3) is 11.0 Å². The van der Waals surface area contributed by atoms with Crippen LogP contribution in [0.1, 0.15) is 11.1 Å². The van der Waals surface area contributed by atoms with Gasteiger partial charge in [0.15, 0.2) is 0 Å². The summed E-state index contributed by atoms with van der Waals surface area (Å²) >= 11 is 0. The number of H-pyrrole nitrogens is 1. The molecule has 14 heavy (non-hydrogen) atoms. The number of nitrogens with one attached hydrogen (secondary N) is 1. The van der Waals surface area contributed by atoms with E-state index < -0.39 is 0 Å². The van der Waals surface area contributed by atoms with Gasteiger partial charge >= 0.3 is 0 Å². The standard InChI is InChI=1S/C10H10N2O2/c1-5-6(2)10(14)12-9-7(5)3-4-8(13)11-9/h3-4H,1-2H3,(H2,11,12,13,14). The summed E-state index contributed by atoms with van der Waals surface area (Å²) in [6.45, 7) is 3.63. The van der Waals surface area contributed by atoms with E-state index in [1.54, 1.807) is 13.0 Å². The lowest BCUT2D eigenvalue weighted by Gasteiger charge is -2.03. The fourth-order valence-electron chi connectivity index (χ4n) is 1.42. The van der Waals surface area contributed by atoms with Gasteiger partial charge in [-0.2, -0.15) is 4.98 Å². The first kappa shape index (κ1) is 8.74. The van der Waals surface area contributed by atoms with Crippen molar-refractivity contribution >= 4 is 11.0 Å². The third kappa shape index (κ3) is 1.16. The lowest BCUT2D eigenvalue weighted by atomic mass is 10.1. The highest BCUT2D eigenvalue weighted by Gasteiger charge is 2.05. The molecule has 2 N–H and O–H groups in total. The Balaban J connectivity index is 2.98. The zero-order chi connectivity index (χ0) is 10.3. The quantitative estimate of drug-likeness (QED) is 0.657. The number of pyridine rings is 2. The van der Waals surface area contributed by atoms with Gasteiger partial charge in [-0.1, -0.05) is 0 Å². The molecular weight excluding hydrogens is 180 g/mol. The van der Waals surface area contributed by atoms with E-state index in [0.29, 0.717) is 11.2 Å². The smallest absolute Gasteiger partial charge is 0.252 e. The van der Waals surface area contributed by atoms with E-state index in [0.717, 1.165) is 10.9 Å². The second-order valence-corrected chi connectivity index (χ2v) is 3.27. The van der Waals surface area contributed by atoms with Crippen LogP contribution in [0.5, 0.6) is 5.88 Å². The molecule has 0 aliphatic carbocycles. The molecule has 0 atom stereocenters. The Morgan fingerprint density at radius 2 is 2.00 bits per heavy atom. The predicted octanol–water partition coefficient (Wildman–Crippen LogP) is 1.25. The first-order valence-corrected chi connectivity index (χ1v) is 4.29. The van der Waals surface area contributed by atoms with Crippen LogP contribution < -0.4 is 5.56 Å². The summed E-state index contributed by atoms with van der Waals surface area (Å²) in [4.78, 5) is 17.8. The van der Waals surface area contributed by atoms with Gasteiger partial charge in [0.2, 0.25) is 5.88 Å². The predicted molar refractivity (Wildman–Crippen MR) is 53.5 cm³/mol. The zero-order valence-corrected chi connectivity index (χ0v) is 7.96. The van der Waals surface area contributed by atoms with Crippen molar-refractivity contribution in [1.29, 1.82) is 0 Å². The van der Waals surface area contributed by atoms with Gasteiger partial charge in [-0.25, -0.2) is 0 Å². The van der Waals surface area contributed by atoms with Crippen LogP contribution in [-0.4, -0.2) is 15.1 Å². The van der Waals surface area contributed by atoms with E-state index in [1.165, 1.54) is 6.07 Å². The number of nitrogens with zero attached hydrogens (tertiary/aromatic N) is 1. The van der Waals surface area contributed by atoms with Crippen LogP contribution in [0.3, 0.4) is 0 Å². The summed E-state index contributed by atoms with van der Waals surface area (Å²) in [6.07, 6.45) is 0. The van der Waals surface area contributed by atoms with Gasteiger partial charge in [0.05, 0.1) is 0 Å². The largest absolute Gasteiger partial charge is 0.493 e. The average Bonchev–Trinajstić information content (AvgIpc) is 2.14. The van der Waals surface area contributed by atoms with Crippen molar-refractivity contribution in [2.24, 2.45) is 0 Å². The molecule has 0 aliphatic rings. The van der Waals surface area contributed by atoms with Crippen molar-refractivity contribution in [3.05, 3.63) is 33.6 Å². The summed E-state index contributed by atoms with van der Waals surface area (Å²) in [5.74, 6) is -0.0867. The Bertz CT molecular complexity index is 558. The van der Waals surface area contributed by atoms with Crippen molar-refractivity contribution in [3.63, 3.8) is 0 Å². The van der Waals surface area contributed by atoms with Crippen LogP contribution in [-0.2, 0) is 0 Å². The third-order valence-electron chi connectivity index (χ3n) is 2.42. The Morgan fingerprint density at radius 3 is 2.71 bits per heavy atom. The lowest BCUT2D eigenvalue weighted by Crippen LogP contribution is -2.11. The summed E-state index contributed by atoms with van der Waals surface area (Å²) in [5.41, 5.74) is 1.85. The van der Waals surface area contributed by atoms with Gasteiger partial charge in [0.1, 0.15) is 5.65 Å². The molecule has 0 spiro atoms. The number of rotatable bonds is 0. The fraction of sp³-hybridized carbons (Fsp3) is 0.200. The van der Waals surface area contributed by atoms with Crippen LogP contribution in [0.4, 0.5) is 0 Å². The first-order chi connectivity index (χ1) is 6.59. The molecule has 0 fully saturated rings. The number of aromatic nitrogens is 2. The summed E-state index contributed by atoms with van der Waals surface area (Å²) in [5, 5.41) is 10.0. The minimum Gasteiger partial charge on any atom is -0.493 e. The highest BCUT2D eigenvalue weighted by atomic mass is 16.3. The van der Waals surface area contributed by atoms with Gasteiger partial charge in [0.25, 0.3) is 5.56 Å². The molecule has 0 aliphatic heterocycles. The van der Waals surface area contributed by atoms with Crippen molar-refractivity contribution in [2.75, 3.05) is 0 Å². The van der Waals surface area contributed by atoms with Gasteiger partial charge in [-0.15, -0.1) is 0 Å². The summed E-state index contributed by atoms with van der Waals surface area (Å²) in [7, 11) is 0. The minimum atomic E-state index is -0.159. The van der Waals surface area contributed by atoms with Crippen molar-refractivity contribution in [2.45, 2.75) is 13.8 Å². The van der Waals surface area contributed by atoms with Crippen LogP contribution in [0, 0.1) is 13.8 Å². The summed E-state index contributed by atoms with van der Waals surface area (Å²) in [6, 6.07) is 3.25. The van der Waals surface area contributed by atoms with Gasteiger partial charge in [-0.05, 0) is 25.5 Å². The molecule has 2 heterocycles. The molecule has 4 heteroatoms. The molecular formula is C10H10N2O2. The number of hydrogen-bond acceptors (Lipinski definition) is 3. The molecule has 0 saturated carbocycles. The van der Waals surface area contributed by atoms with Gasteiger partial charge < -0.3 is 10.1 Å². The molecule has 2 rings (SSSR count). The molecule has 0 saturated heterocycles. The zero-order valence-electron chi connectivity index (χ0n) is 7.96. The van der Waals surface area contributed by atoms with Crippen molar-refractivity contribution in [3.8, 4) is 5.88 Å². The van der Waals surface area contributed by atoms with Crippen molar-refractivity contribution < 1.29 is 5.11 Å². The SMILES string of the molecule is Cc1c(C)c2ccc(O)nc2[nH]c1=O. The molecule has 0 bridgehead atoms. The molecule has 0 amide bonds. The molecule has 0 aromatic carbocycles. The topological polar surface area (TPSA) is 66.0 Å². The van der Waals surface area contributed by atoms with E-state index in [1.807, 2.05) is 6.92 Å². The van der Waals surface area contributed by atoms with Gasteiger partial charge in [0, 0.05) is 17.0 Å². The van der Waals surface area contributed by atoms with E-state index in [4.69, 9.17) is 5.11 Å². The van der Waals surface area contributed by atoms with Gasteiger partial charge in [-0.3, -0.25) is 4.79 Å². The van der Waals surface area contributed by atoms with Crippen molar-refractivity contribution in [1.82, 2.24) is 9.97 Å². The summed E-state index contributed by atoms with van der Waals surface area (Å²) < 4.78 is 0. The first-order valence-electron chi connectivity index (χ1n) is 4.29. The minimum absolute atomic E-state index is 0.0867. The monoisotopic (exact) mass is 190 g/mol. The number of hydrogen-bond donors (Lipinski definition) is 2. The number of aryl methyl sites for hydroxylation is 1. The third-order valence-corrected chi connectivity index (χ3v) is 2.42. The molecule has 72 valence electrons. The molecule has 0 radical (unpaired) electrons. The number of aromatic amines is 1. The maximum Gasteiger partial charge on any atom is 0.252 e. The van der Waals surface area contributed by atoms with E-state index in [9.17, 15) is 4.79 Å². The Hall–Kier alpha value is -1.84. The average molecular weight is 190 g/mol. The maximum absolute atomic E-state index is 11.4. The number of fused-ring (bicyclic) bond motifs is 1. The fourth-order valence-corrected chi connectivity index (χ4v) is 1.42. The second kappa shape index (κ2) is 2.83. The second-order valence-electron chi connectivity index (χ2n) is 3.27. The molecule has 4 nitrogen and oxygen atoms in total. The number of aromatic hydroxyl groups is 1. The Morgan fingerprint density at radius 1 is 1.29 bits per heavy atom. The maximum atomic E-state index is 11.4. The normalized spacial score (nSPS) is 10.7. The van der Waals surface area contributed by atoms with Crippen LogP contribution >= 0.6 is 0 Å².